The summed E-state index contributed by atoms with van der Waals surface area (Å²) in [6.45, 7) is 1.53. The quantitative estimate of drug-likeness (QED) is 0.853. The van der Waals surface area contributed by atoms with Crippen molar-refractivity contribution in [2.75, 3.05) is 22.9 Å². The summed E-state index contributed by atoms with van der Waals surface area (Å²) in [5.74, 6) is -0.638. The molecule has 0 heterocycles. The minimum absolute atomic E-state index is 0.0769. The number of carbonyl (C=O) groups excluding carboxylic acids is 1. The summed E-state index contributed by atoms with van der Waals surface area (Å²) in [6.07, 6.45) is 0.241. The number of para-hydroxylation sites is 1. The van der Waals surface area contributed by atoms with Gasteiger partial charge in [-0.25, -0.2) is 12.8 Å². The zero-order valence-electron chi connectivity index (χ0n) is 14.1. The van der Waals surface area contributed by atoms with Gasteiger partial charge in [0.1, 0.15) is 11.6 Å². The Bertz CT molecular complexity index is 853. The number of sulfonamides is 1. The summed E-state index contributed by atoms with van der Waals surface area (Å²) in [6, 6.07) is 12.1. The fourth-order valence-corrected chi connectivity index (χ4v) is 2.49. The van der Waals surface area contributed by atoms with Gasteiger partial charge in [-0.2, -0.15) is 0 Å². The van der Waals surface area contributed by atoms with Crippen LogP contribution in [-0.4, -0.2) is 33.7 Å². The fourth-order valence-electron chi connectivity index (χ4n) is 1.98. The molecule has 0 saturated carbocycles. The van der Waals surface area contributed by atoms with E-state index in [2.05, 4.69) is 5.32 Å². The van der Waals surface area contributed by atoms with E-state index in [9.17, 15) is 17.6 Å². The normalized spacial score (nSPS) is 12.3. The van der Waals surface area contributed by atoms with E-state index in [4.69, 9.17) is 4.74 Å². The molecule has 2 rings (SSSR count). The van der Waals surface area contributed by atoms with Crippen LogP contribution in [0, 0.1) is 5.82 Å². The smallest absolute Gasteiger partial charge is 0.265 e. The van der Waals surface area contributed by atoms with Crippen LogP contribution in [0.4, 0.5) is 15.8 Å². The van der Waals surface area contributed by atoms with E-state index in [0.29, 0.717) is 11.4 Å². The molecule has 0 bridgehead atoms. The van der Waals surface area contributed by atoms with Crippen LogP contribution in [0.2, 0.25) is 0 Å². The number of carbonyl (C=O) groups is 1. The monoisotopic (exact) mass is 366 g/mol. The number of hydrogen-bond donors (Lipinski definition) is 1. The van der Waals surface area contributed by atoms with Crippen molar-refractivity contribution < 1.29 is 22.3 Å². The molecule has 0 aliphatic rings. The van der Waals surface area contributed by atoms with E-state index in [1.807, 2.05) is 0 Å². The van der Waals surface area contributed by atoms with Crippen LogP contribution in [-0.2, 0) is 14.8 Å². The van der Waals surface area contributed by atoms with Crippen LogP contribution in [0.15, 0.2) is 48.5 Å². The van der Waals surface area contributed by atoms with Gasteiger partial charge in [0, 0.05) is 7.05 Å². The van der Waals surface area contributed by atoms with Crippen LogP contribution in [0.3, 0.4) is 0 Å². The lowest BCUT2D eigenvalue weighted by atomic mass is 10.2. The molecule has 25 heavy (non-hydrogen) atoms. The van der Waals surface area contributed by atoms with E-state index < -0.39 is 27.9 Å². The van der Waals surface area contributed by atoms with Crippen LogP contribution in [0.5, 0.6) is 5.75 Å². The molecule has 1 N–H and O–H groups in total. The number of halogens is 1. The topological polar surface area (TPSA) is 75.7 Å². The molecular formula is C17H19FN2O4S. The molecule has 134 valence electrons. The third-order valence-electron chi connectivity index (χ3n) is 3.51. The summed E-state index contributed by atoms with van der Waals surface area (Å²) >= 11 is 0. The zero-order valence-corrected chi connectivity index (χ0v) is 14.9. The molecule has 6 nitrogen and oxygen atoms in total. The van der Waals surface area contributed by atoms with E-state index in [0.717, 1.165) is 10.6 Å². The van der Waals surface area contributed by atoms with Crippen molar-refractivity contribution in [2.45, 2.75) is 13.0 Å². The molecular weight excluding hydrogens is 347 g/mol. The Labute approximate surface area is 146 Å². The predicted molar refractivity (Wildman–Crippen MR) is 94.8 cm³/mol. The van der Waals surface area contributed by atoms with E-state index in [1.165, 1.54) is 32.2 Å². The molecule has 0 radical (unpaired) electrons. The number of benzene rings is 2. The number of nitrogens with one attached hydrogen (secondary N) is 1. The second kappa shape index (κ2) is 7.52. The highest BCUT2D eigenvalue weighted by molar-refractivity contribution is 7.92. The van der Waals surface area contributed by atoms with E-state index in [-0.39, 0.29) is 5.69 Å². The first-order valence-electron chi connectivity index (χ1n) is 7.44. The van der Waals surface area contributed by atoms with Crippen LogP contribution in [0.25, 0.3) is 0 Å². The number of rotatable bonds is 6. The maximum Gasteiger partial charge on any atom is 0.265 e. The number of nitrogens with zero attached hydrogens (tertiary/aromatic N) is 1. The van der Waals surface area contributed by atoms with Crippen LogP contribution >= 0.6 is 0 Å². The van der Waals surface area contributed by atoms with Crippen molar-refractivity contribution in [3.8, 4) is 5.75 Å². The maximum atomic E-state index is 13.5. The Morgan fingerprint density at radius 1 is 1.16 bits per heavy atom. The van der Waals surface area contributed by atoms with Crippen molar-refractivity contribution in [2.24, 2.45) is 0 Å². The second-order valence-electron chi connectivity index (χ2n) is 5.45. The highest BCUT2D eigenvalue weighted by atomic mass is 32.2. The minimum atomic E-state index is -3.35. The number of amides is 1. The van der Waals surface area contributed by atoms with E-state index >= 15 is 0 Å². The van der Waals surface area contributed by atoms with Gasteiger partial charge in [-0.15, -0.1) is 0 Å². The standard InChI is InChI=1S/C17H19FN2O4S/c1-12(17(21)19-16-7-5-4-6-15(16)18)24-14-10-8-13(9-11-14)20(2)25(3,22)23/h4-12H,1-3H3,(H,19,21). The third-order valence-corrected chi connectivity index (χ3v) is 4.72. The van der Waals surface area contributed by atoms with Crippen LogP contribution < -0.4 is 14.4 Å². The molecule has 1 atom stereocenters. The Kier molecular flexibility index (Phi) is 5.63. The summed E-state index contributed by atoms with van der Waals surface area (Å²) < 4.78 is 43.2. The van der Waals surface area contributed by atoms with Gasteiger partial charge < -0.3 is 10.1 Å². The fraction of sp³-hybridized carbons (Fsp3) is 0.235. The van der Waals surface area contributed by atoms with Crippen molar-refractivity contribution >= 4 is 27.3 Å². The lowest BCUT2D eigenvalue weighted by molar-refractivity contribution is -0.122. The summed E-state index contributed by atoms with van der Waals surface area (Å²) in [5, 5.41) is 2.45. The van der Waals surface area contributed by atoms with Gasteiger partial charge in [0.25, 0.3) is 5.91 Å². The van der Waals surface area contributed by atoms with Gasteiger partial charge >= 0.3 is 0 Å². The summed E-state index contributed by atoms with van der Waals surface area (Å²) in [5.41, 5.74) is 0.548. The van der Waals surface area contributed by atoms with Gasteiger partial charge in [0.05, 0.1) is 17.6 Å². The molecule has 0 aliphatic carbocycles. The first-order valence-corrected chi connectivity index (χ1v) is 9.29. The molecule has 0 saturated heterocycles. The van der Waals surface area contributed by atoms with Gasteiger partial charge in [-0.1, -0.05) is 12.1 Å². The molecule has 2 aromatic rings. The van der Waals surface area contributed by atoms with E-state index in [1.54, 1.807) is 30.3 Å². The van der Waals surface area contributed by atoms with Gasteiger partial charge in [-0.3, -0.25) is 9.10 Å². The van der Waals surface area contributed by atoms with Gasteiger partial charge in [0.15, 0.2) is 6.10 Å². The molecule has 0 aliphatic heterocycles. The number of hydrogen-bond acceptors (Lipinski definition) is 4. The van der Waals surface area contributed by atoms with Crippen molar-refractivity contribution in [3.63, 3.8) is 0 Å². The highest BCUT2D eigenvalue weighted by Crippen LogP contribution is 2.21. The minimum Gasteiger partial charge on any atom is -0.481 e. The third kappa shape index (κ3) is 4.93. The molecule has 1 unspecified atom stereocenters. The lowest BCUT2D eigenvalue weighted by Crippen LogP contribution is -2.30. The van der Waals surface area contributed by atoms with Gasteiger partial charge in [-0.05, 0) is 43.3 Å². The van der Waals surface area contributed by atoms with Crippen molar-refractivity contribution in [3.05, 3.63) is 54.3 Å². The largest absolute Gasteiger partial charge is 0.481 e. The molecule has 0 spiro atoms. The van der Waals surface area contributed by atoms with Crippen molar-refractivity contribution in [1.29, 1.82) is 0 Å². The summed E-state index contributed by atoms with van der Waals surface area (Å²) in [4.78, 5) is 12.1. The molecule has 8 heteroatoms. The first-order chi connectivity index (χ1) is 11.7. The zero-order chi connectivity index (χ0) is 18.6. The lowest BCUT2D eigenvalue weighted by Gasteiger charge is -2.18. The highest BCUT2D eigenvalue weighted by Gasteiger charge is 2.17. The Morgan fingerprint density at radius 3 is 2.32 bits per heavy atom. The first kappa shape index (κ1) is 18.7. The predicted octanol–water partition coefficient (Wildman–Crippen LogP) is 2.63. The van der Waals surface area contributed by atoms with Crippen molar-refractivity contribution in [1.82, 2.24) is 0 Å². The average Bonchev–Trinajstić information content (AvgIpc) is 2.56. The van der Waals surface area contributed by atoms with Gasteiger partial charge in [0.2, 0.25) is 10.0 Å². The summed E-state index contributed by atoms with van der Waals surface area (Å²) in [7, 11) is -1.91. The Hall–Kier alpha value is -2.61. The van der Waals surface area contributed by atoms with Crippen LogP contribution in [0.1, 0.15) is 6.92 Å². The molecule has 2 aromatic carbocycles. The number of anilines is 2. The average molecular weight is 366 g/mol. The molecule has 0 fully saturated rings. The molecule has 1 amide bonds. The number of ether oxygens (including phenoxy) is 1. The SMILES string of the molecule is CC(Oc1ccc(N(C)S(C)(=O)=O)cc1)C(=O)Nc1ccccc1F. The maximum absolute atomic E-state index is 13.5. The Balaban J connectivity index is 2.02. The Morgan fingerprint density at radius 2 is 1.76 bits per heavy atom. The second-order valence-corrected chi connectivity index (χ2v) is 7.47. The molecule has 0 aromatic heterocycles.